The van der Waals surface area contributed by atoms with Crippen LogP contribution in [0.2, 0.25) is 0 Å². The molecule has 2 N–H and O–H groups in total. The molecular formula is C47H42N2O8. The fraction of sp³-hybridized carbons (Fsp3) is 0.191. The molecule has 6 aromatic rings. The molecule has 0 radical (unpaired) electrons. The highest BCUT2D eigenvalue weighted by Crippen LogP contribution is 2.43. The SMILES string of the molecule is CCOC(=O)C[C@H]1[C@H](OC(=O)c2ccc(-c3ccccc3)cc2)[C@@H](NC(=O)c2ccc3ccccc3c2)c2cc(OCCCO)ccc2N1C(=O)c1ccccc1. The number of benzene rings is 6. The van der Waals surface area contributed by atoms with Crippen LogP contribution in [0.15, 0.2) is 146 Å². The highest BCUT2D eigenvalue weighted by Gasteiger charge is 2.48. The number of esters is 2. The van der Waals surface area contributed by atoms with Gasteiger partial charge in [0, 0.05) is 29.7 Å². The average Bonchev–Trinajstić information content (AvgIpc) is 3.25. The van der Waals surface area contributed by atoms with Gasteiger partial charge in [0.05, 0.1) is 43.0 Å². The number of hydrogen-bond acceptors (Lipinski definition) is 8. The molecule has 1 heterocycles. The second-order valence-electron chi connectivity index (χ2n) is 13.6. The van der Waals surface area contributed by atoms with E-state index in [-0.39, 0.29) is 31.8 Å². The summed E-state index contributed by atoms with van der Waals surface area (Å²) < 4.78 is 17.8. The second kappa shape index (κ2) is 17.8. The van der Waals surface area contributed by atoms with Crippen LogP contribution in [0.5, 0.6) is 5.75 Å². The topological polar surface area (TPSA) is 131 Å². The molecule has 1 aliphatic rings. The van der Waals surface area contributed by atoms with Crippen molar-refractivity contribution in [3.63, 3.8) is 0 Å². The maximum Gasteiger partial charge on any atom is 0.338 e. The van der Waals surface area contributed by atoms with Crippen LogP contribution in [-0.4, -0.2) is 60.8 Å². The third-order valence-electron chi connectivity index (χ3n) is 9.89. The summed E-state index contributed by atoms with van der Waals surface area (Å²) in [5.41, 5.74) is 3.60. The van der Waals surface area contributed by atoms with Crippen LogP contribution in [0.3, 0.4) is 0 Å². The molecule has 288 valence electrons. The molecule has 0 bridgehead atoms. The maximum atomic E-state index is 14.6. The van der Waals surface area contributed by atoms with E-state index < -0.39 is 41.9 Å². The number of carbonyl (C=O) groups excluding carboxylic acids is 4. The van der Waals surface area contributed by atoms with Crippen LogP contribution in [0.25, 0.3) is 21.9 Å². The predicted molar refractivity (Wildman–Crippen MR) is 217 cm³/mol. The average molecular weight is 763 g/mol. The summed E-state index contributed by atoms with van der Waals surface area (Å²) in [6.45, 7) is 1.90. The van der Waals surface area contributed by atoms with E-state index in [1.54, 1.807) is 79.7 Å². The molecule has 10 nitrogen and oxygen atoms in total. The summed E-state index contributed by atoms with van der Waals surface area (Å²) in [6.07, 6.45) is -1.27. The zero-order valence-electron chi connectivity index (χ0n) is 31.4. The minimum Gasteiger partial charge on any atom is -0.493 e. The molecule has 0 spiro atoms. The van der Waals surface area contributed by atoms with E-state index in [1.165, 1.54) is 4.90 Å². The van der Waals surface area contributed by atoms with Gasteiger partial charge in [-0.25, -0.2) is 4.79 Å². The lowest BCUT2D eigenvalue weighted by Gasteiger charge is -2.45. The molecule has 7 rings (SSSR count). The zero-order valence-corrected chi connectivity index (χ0v) is 31.4. The fourth-order valence-electron chi connectivity index (χ4n) is 7.13. The first-order chi connectivity index (χ1) is 27.8. The number of hydrogen-bond donors (Lipinski definition) is 2. The Labute approximate surface area is 330 Å². The first-order valence-electron chi connectivity index (χ1n) is 18.9. The van der Waals surface area contributed by atoms with Gasteiger partial charge in [0.25, 0.3) is 11.8 Å². The van der Waals surface area contributed by atoms with Crippen molar-refractivity contribution in [2.24, 2.45) is 0 Å². The number of fused-ring (bicyclic) bond motifs is 2. The molecule has 6 aromatic carbocycles. The Morgan fingerprint density at radius 3 is 2.09 bits per heavy atom. The number of carbonyl (C=O) groups is 4. The van der Waals surface area contributed by atoms with Gasteiger partial charge in [-0.3, -0.25) is 14.4 Å². The van der Waals surface area contributed by atoms with Crippen molar-refractivity contribution in [2.75, 3.05) is 24.7 Å². The predicted octanol–water partition coefficient (Wildman–Crippen LogP) is 7.95. The van der Waals surface area contributed by atoms with E-state index in [2.05, 4.69) is 5.32 Å². The van der Waals surface area contributed by atoms with Gasteiger partial charge >= 0.3 is 11.9 Å². The second-order valence-corrected chi connectivity index (χ2v) is 13.6. The van der Waals surface area contributed by atoms with E-state index in [1.807, 2.05) is 72.8 Å². The molecule has 2 amide bonds. The molecule has 0 aliphatic carbocycles. The minimum atomic E-state index is -1.30. The van der Waals surface area contributed by atoms with E-state index >= 15 is 0 Å². The van der Waals surface area contributed by atoms with Crippen LogP contribution < -0.4 is 15.0 Å². The van der Waals surface area contributed by atoms with Crippen LogP contribution in [0, 0.1) is 0 Å². The van der Waals surface area contributed by atoms with Gasteiger partial charge in [-0.2, -0.15) is 0 Å². The summed E-state index contributed by atoms with van der Waals surface area (Å²) in [7, 11) is 0. The van der Waals surface area contributed by atoms with Crippen molar-refractivity contribution in [3.05, 3.63) is 168 Å². The Hall–Kier alpha value is -6.78. The van der Waals surface area contributed by atoms with Crippen molar-refractivity contribution in [1.82, 2.24) is 5.32 Å². The number of nitrogens with one attached hydrogen (secondary N) is 1. The Morgan fingerprint density at radius 2 is 1.37 bits per heavy atom. The lowest BCUT2D eigenvalue weighted by molar-refractivity contribution is -0.144. The highest BCUT2D eigenvalue weighted by molar-refractivity contribution is 6.08. The van der Waals surface area contributed by atoms with E-state index in [9.17, 15) is 24.3 Å². The number of nitrogens with zero attached hydrogens (tertiary/aromatic N) is 1. The van der Waals surface area contributed by atoms with Gasteiger partial charge in [0.15, 0.2) is 0 Å². The first-order valence-corrected chi connectivity index (χ1v) is 18.9. The lowest BCUT2D eigenvalue weighted by Crippen LogP contribution is -2.58. The Morgan fingerprint density at radius 1 is 0.702 bits per heavy atom. The first kappa shape index (κ1) is 38.5. The molecule has 0 saturated heterocycles. The number of amides is 2. The number of anilines is 1. The van der Waals surface area contributed by atoms with Crippen molar-refractivity contribution in [3.8, 4) is 16.9 Å². The Bertz CT molecular complexity index is 2370. The number of rotatable bonds is 13. The van der Waals surface area contributed by atoms with Gasteiger partial charge in [-0.05, 0) is 83.4 Å². The summed E-state index contributed by atoms with van der Waals surface area (Å²) in [5, 5.41) is 14.4. The van der Waals surface area contributed by atoms with Gasteiger partial charge in [0.2, 0.25) is 0 Å². The maximum absolute atomic E-state index is 14.6. The van der Waals surface area contributed by atoms with Gasteiger partial charge in [-0.1, -0.05) is 91.0 Å². The minimum absolute atomic E-state index is 0.0748. The standard InChI is InChI=1S/C47H42N2O8/c1-2-55-42(51)30-41-44(57-47(54)35-21-18-33(19-22-35)31-12-5-3-6-13-31)43(48-45(52)37-23-20-32-14-9-10-17-36(32)28-37)39-29-38(56-27-11-26-50)24-25-40(39)49(41)46(53)34-15-7-4-8-16-34/h3-10,12-25,28-29,41,43-44,50H,2,11,26-27,30H2,1H3,(H,48,52)/t41-,43-,44-/m0/s1. The zero-order chi connectivity index (χ0) is 39.7. The molecule has 57 heavy (non-hydrogen) atoms. The smallest absolute Gasteiger partial charge is 0.338 e. The lowest BCUT2D eigenvalue weighted by atomic mass is 9.85. The quantitative estimate of drug-likeness (QED) is 0.0896. The van der Waals surface area contributed by atoms with Gasteiger partial charge < -0.3 is 29.5 Å². The molecule has 0 unspecified atom stereocenters. The third-order valence-corrected chi connectivity index (χ3v) is 9.89. The van der Waals surface area contributed by atoms with Crippen molar-refractivity contribution < 1.29 is 38.5 Å². The molecule has 0 aromatic heterocycles. The van der Waals surface area contributed by atoms with E-state index in [0.717, 1.165) is 21.9 Å². The largest absolute Gasteiger partial charge is 0.493 e. The summed E-state index contributed by atoms with van der Waals surface area (Å²) >= 11 is 0. The fourth-order valence-corrected chi connectivity index (χ4v) is 7.13. The molecule has 1 aliphatic heterocycles. The Balaban J connectivity index is 1.36. The van der Waals surface area contributed by atoms with Crippen LogP contribution >= 0.6 is 0 Å². The number of aliphatic hydroxyl groups is 1. The van der Waals surface area contributed by atoms with Gasteiger partial charge in [0.1, 0.15) is 11.9 Å². The molecular weight excluding hydrogens is 721 g/mol. The van der Waals surface area contributed by atoms with Crippen LogP contribution in [-0.2, 0) is 14.3 Å². The number of ether oxygens (including phenoxy) is 3. The summed E-state index contributed by atoms with van der Waals surface area (Å²) in [5.74, 6) is -1.84. The van der Waals surface area contributed by atoms with E-state index in [0.29, 0.717) is 34.5 Å². The summed E-state index contributed by atoms with van der Waals surface area (Å²) in [6, 6.07) is 41.2. The third kappa shape index (κ3) is 8.71. The molecule has 10 heteroatoms. The normalized spacial score (nSPS) is 16.0. The summed E-state index contributed by atoms with van der Waals surface area (Å²) in [4.78, 5) is 58.1. The number of aliphatic hydroxyl groups excluding tert-OH is 1. The van der Waals surface area contributed by atoms with Gasteiger partial charge in [-0.15, -0.1) is 0 Å². The van der Waals surface area contributed by atoms with Crippen molar-refractivity contribution in [1.29, 1.82) is 0 Å². The van der Waals surface area contributed by atoms with Crippen LogP contribution in [0.4, 0.5) is 5.69 Å². The van der Waals surface area contributed by atoms with Crippen molar-refractivity contribution in [2.45, 2.75) is 38.0 Å². The highest BCUT2D eigenvalue weighted by atomic mass is 16.5. The van der Waals surface area contributed by atoms with Crippen LogP contribution in [0.1, 0.15) is 62.4 Å². The van der Waals surface area contributed by atoms with E-state index in [4.69, 9.17) is 14.2 Å². The molecule has 3 atom stereocenters. The van der Waals surface area contributed by atoms with Crippen molar-refractivity contribution >= 4 is 40.2 Å². The molecule has 0 fully saturated rings. The molecule has 0 saturated carbocycles. The Kier molecular flexibility index (Phi) is 12.0. The monoisotopic (exact) mass is 762 g/mol.